The van der Waals surface area contributed by atoms with Gasteiger partial charge in [-0.25, -0.2) is 0 Å². The van der Waals surface area contributed by atoms with Gasteiger partial charge in [0.2, 0.25) is 5.91 Å². The SMILES string of the molecule is CC(C)[C@H](CN1CCC(c2ccc(Cl)cc2)C(C)(C)C1)NC(=O)C1CNC1. The van der Waals surface area contributed by atoms with Crippen molar-refractivity contribution < 1.29 is 4.79 Å². The maximum atomic E-state index is 12.4. The van der Waals surface area contributed by atoms with Crippen LogP contribution in [0.4, 0.5) is 0 Å². The monoisotopic (exact) mass is 391 g/mol. The number of hydrogen-bond acceptors (Lipinski definition) is 3. The van der Waals surface area contributed by atoms with Crippen molar-refractivity contribution in [2.45, 2.75) is 46.1 Å². The second kappa shape index (κ2) is 8.50. The Morgan fingerprint density at radius 1 is 1.30 bits per heavy atom. The first-order chi connectivity index (χ1) is 12.8. The zero-order valence-corrected chi connectivity index (χ0v) is 17.9. The molecule has 0 aromatic heterocycles. The van der Waals surface area contributed by atoms with Crippen molar-refractivity contribution >= 4 is 17.5 Å². The minimum atomic E-state index is 0.151. The van der Waals surface area contributed by atoms with Gasteiger partial charge in [-0.2, -0.15) is 0 Å². The number of likely N-dealkylation sites (tertiary alicyclic amines) is 1. The van der Waals surface area contributed by atoms with Gasteiger partial charge in [-0.3, -0.25) is 4.79 Å². The molecule has 2 saturated heterocycles. The Morgan fingerprint density at radius 2 is 1.96 bits per heavy atom. The minimum absolute atomic E-state index is 0.151. The highest BCUT2D eigenvalue weighted by Gasteiger charge is 2.38. The molecule has 27 heavy (non-hydrogen) atoms. The molecular weight excluding hydrogens is 358 g/mol. The van der Waals surface area contributed by atoms with Gasteiger partial charge in [0, 0.05) is 37.2 Å². The third-order valence-corrected chi connectivity index (χ3v) is 6.57. The number of hydrogen-bond donors (Lipinski definition) is 2. The molecule has 2 aliphatic heterocycles. The molecule has 1 unspecified atom stereocenters. The molecule has 2 N–H and O–H groups in total. The third-order valence-electron chi connectivity index (χ3n) is 6.32. The smallest absolute Gasteiger partial charge is 0.225 e. The van der Waals surface area contributed by atoms with E-state index >= 15 is 0 Å². The van der Waals surface area contributed by atoms with Crippen LogP contribution in [0.5, 0.6) is 0 Å². The van der Waals surface area contributed by atoms with Crippen molar-refractivity contribution in [1.82, 2.24) is 15.5 Å². The Bertz CT molecular complexity index is 639. The van der Waals surface area contributed by atoms with E-state index in [1.54, 1.807) is 0 Å². The summed E-state index contributed by atoms with van der Waals surface area (Å²) >= 11 is 6.06. The van der Waals surface area contributed by atoms with E-state index < -0.39 is 0 Å². The number of amides is 1. The molecule has 4 nitrogen and oxygen atoms in total. The van der Waals surface area contributed by atoms with Crippen LogP contribution in [0.1, 0.15) is 45.6 Å². The normalized spacial score (nSPS) is 24.4. The quantitative estimate of drug-likeness (QED) is 0.779. The summed E-state index contributed by atoms with van der Waals surface area (Å²) in [7, 11) is 0. The molecule has 3 rings (SSSR count). The average Bonchev–Trinajstić information content (AvgIpc) is 2.53. The van der Waals surface area contributed by atoms with E-state index in [2.05, 4.69) is 55.4 Å². The van der Waals surface area contributed by atoms with E-state index in [9.17, 15) is 4.79 Å². The van der Waals surface area contributed by atoms with E-state index in [0.717, 1.165) is 44.2 Å². The van der Waals surface area contributed by atoms with Crippen molar-refractivity contribution in [3.05, 3.63) is 34.9 Å². The Kier molecular flexibility index (Phi) is 6.50. The molecule has 2 heterocycles. The highest BCUT2D eigenvalue weighted by molar-refractivity contribution is 6.30. The third kappa shape index (κ3) is 5.04. The second-order valence-corrected chi connectivity index (χ2v) is 9.77. The number of halogens is 1. The molecule has 2 atom stereocenters. The molecule has 0 radical (unpaired) electrons. The van der Waals surface area contributed by atoms with Crippen LogP contribution in [0.25, 0.3) is 0 Å². The number of benzene rings is 1. The van der Waals surface area contributed by atoms with Gasteiger partial charge in [0.25, 0.3) is 0 Å². The molecule has 0 bridgehead atoms. The maximum absolute atomic E-state index is 12.4. The van der Waals surface area contributed by atoms with Gasteiger partial charge >= 0.3 is 0 Å². The van der Waals surface area contributed by atoms with Crippen molar-refractivity contribution in [1.29, 1.82) is 0 Å². The standard InChI is InChI=1S/C22H34ClN3O/c1-15(2)20(25-21(27)17-11-24-12-17)13-26-10-9-19(22(3,4)14-26)16-5-7-18(23)8-6-16/h5-8,15,17,19-20,24H,9-14H2,1-4H3,(H,25,27)/t19?,20-/m0/s1. The number of nitrogens with zero attached hydrogens (tertiary/aromatic N) is 1. The Labute approximate surface area is 169 Å². The summed E-state index contributed by atoms with van der Waals surface area (Å²) in [6, 6.07) is 8.56. The molecule has 1 aromatic rings. The number of piperidine rings is 1. The van der Waals surface area contributed by atoms with E-state index in [1.807, 2.05) is 12.1 Å². The lowest BCUT2D eigenvalue weighted by Crippen LogP contribution is -2.56. The predicted octanol–water partition coefficient (Wildman–Crippen LogP) is 3.52. The van der Waals surface area contributed by atoms with Crippen molar-refractivity contribution in [3.8, 4) is 0 Å². The van der Waals surface area contributed by atoms with Crippen molar-refractivity contribution in [2.24, 2.45) is 17.3 Å². The first kappa shape index (κ1) is 20.6. The zero-order valence-electron chi connectivity index (χ0n) is 17.1. The number of rotatable bonds is 6. The summed E-state index contributed by atoms with van der Waals surface area (Å²) in [6.07, 6.45) is 1.14. The summed E-state index contributed by atoms with van der Waals surface area (Å²) in [5.41, 5.74) is 1.57. The minimum Gasteiger partial charge on any atom is -0.351 e. The van der Waals surface area contributed by atoms with Crippen LogP contribution in [0.3, 0.4) is 0 Å². The predicted molar refractivity (Wildman–Crippen MR) is 112 cm³/mol. The molecule has 150 valence electrons. The lowest BCUT2D eigenvalue weighted by molar-refractivity contribution is -0.127. The van der Waals surface area contributed by atoms with Gasteiger partial charge in [-0.05, 0) is 47.9 Å². The zero-order chi connectivity index (χ0) is 19.6. The largest absolute Gasteiger partial charge is 0.351 e. The fraction of sp³-hybridized carbons (Fsp3) is 0.682. The Morgan fingerprint density at radius 3 is 2.48 bits per heavy atom. The number of carbonyl (C=O) groups excluding carboxylic acids is 1. The van der Waals surface area contributed by atoms with Crippen LogP contribution in [-0.2, 0) is 4.79 Å². The van der Waals surface area contributed by atoms with Crippen LogP contribution < -0.4 is 10.6 Å². The second-order valence-electron chi connectivity index (χ2n) is 9.33. The van der Waals surface area contributed by atoms with E-state index in [-0.39, 0.29) is 23.3 Å². The fourth-order valence-electron chi connectivity index (χ4n) is 4.41. The molecule has 5 heteroatoms. The molecule has 0 aliphatic carbocycles. The molecule has 0 saturated carbocycles. The Hall–Kier alpha value is -1.10. The maximum Gasteiger partial charge on any atom is 0.225 e. The molecule has 1 aromatic carbocycles. The van der Waals surface area contributed by atoms with E-state index in [0.29, 0.717) is 11.8 Å². The van der Waals surface area contributed by atoms with E-state index in [4.69, 9.17) is 11.6 Å². The van der Waals surface area contributed by atoms with Gasteiger partial charge in [-0.1, -0.05) is 51.4 Å². The van der Waals surface area contributed by atoms with Gasteiger partial charge in [0.05, 0.1) is 5.92 Å². The number of carbonyl (C=O) groups is 1. The van der Waals surface area contributed by atoms with E-state index in [1.165, 1.54) is 5.56 Å². The molecule has 0 spiro atoms. The Balaban J connectivity index is 1.61. The van der Waals surface area contributed by atoms with Crippen molar-refractivity contribution in [3.63, 3.8) is 0 Å². The summed E-state index contributed by atoms with van der Waals surface area (Å²) in [5.74, 6) is 1.33. The molecule has 1 amide bonds. The van der Waals surface area contributed by atoms with Crippen LogP contribution in [0.15, 0.2) is 24.3 Å². The van der Waals surface area contributed by atoms with Crippen LogP contribution in [0, 0.1) is 17.3 Å². The lowest BCUT2D eigenvalue weighted by Gasteiger charge is -2.46. The van der Waals surface area contributed by atoms with Crippen LogP contribution in [0.2, 0.25) is 5.02 Å². The fourth-order valence-corrected chi connectivity index (χ4v) is 4.54. The highest BCUT2D eigenvalue weighted by atomic mass is 35.5. The summed E-state index contributed by atoms with van der Waals surface area (Å²) in [6.45, 7) is 13.8. The lowest BCUT2D eigenvalue weighted by atomic mass is 9.70. The van der Waals surface area contributed by atoms with Crippen LogP contribution in [-0.4, -0.2) is 49.6 Å². The first-order valence-electron chi connectivity index (χ1n) is 10.2. The van der Waals surface area contributed by atoms with Gasteiger partial charge in [-0.15, -0.1) is 0 Å². The van der Waals surface area contributed by atoms with Gasteiger partial charge < -0.3 is 15.5 Å². The molecule has 2 aliphatic rings. The summed E-state index contributed by atoms with van der Waals surface area (Å²) in [5, 5.41) is 7.29. The molecule has 2 fully saturated rings. The summed E-state index contributed by atoms with van der Waals surface area (Å²) in [4.78, 5) is 14.9. The topological polar surface area (TPSA) is 44.4 Å². The average molecular weight is 392 g/mol. The summed E-state index contributed by atoms with van der Waals surface area (Å²) < 4.78 is 0. The highest BCUT2D eigenvalue weighted by Crippen LogP contribution is 2.42. The van der Waals surface area contributed by atoms with Gasteiger partial charge in [0.15, 0.2) is 0 Å². The first-order valence-corrected chi connectivity index (χ1v) is 10.6. The van der Waals surface area contributed by atoms with Crippen LogP contribution >= 0.6 is 11.6 Å². The molecular formula is C22H34ClN3O. The van der Waals surface area contributed by atoms with Crippen molar-refractivity contribution in [2.75, 3.05) is 32.7 Å². The number of nitrogens with one attached hydrogen (secondary N) is 2. The van der Waals surface area contributed by atoms with Gasteiger partial charge in [0.1, 0.15) is 0 Å².